The summed E-state index contributed by atoms with van der Waals surface area (Å²) in [5.74, 6) is 1.61. The topological polar surface area (TPSA) is 67.8 Å². The van der Waals surface area contributed by atoms with Crippen molar-refractivity contribution < 1.29 is 14.3 Å². The fourth-order valence-electron chi connectivity index (χ4n) is 2.98. The van der Waals surface area contributed by atoms with E-state index in [-0.39, 0.29) is 5.91 Å². The molecule has 1 fully saturated rings. The first-order chi connectivity index (χ1) is 11.7. The molecule has 0 atom stereocenters. The fourth-order valence-corrected chi connectivity index (χ4v) is 3.52. The Morgan fingerprint density at radius 1 is 1.17 bits per heavy atom. The Hall–Kier alpha value is -2.19. The zero-order valence-electron chi connectivity index (χ0n) is 13.4. The Labute approximate surface area is 144 Å². The van der Waals surface area contributed by atoms with Crippen molar-refractivity contribution in [2.75, 3.05) is 33.0 Å². The van der Waals surface area contributed by atoms with Crippen molar-refractivity contribution >= 4 is 17.6 Å². The minimum Gasteiger partial charge on any atom is -0.454 e. The average Bonchev–Trinajstić information content (AvgIpc) is 3.23. The Kier molecular flexibility index (Phi) is 4.07. The number of fused-ring (bicyclic) bond motifs is 1. The van der Waals surface area contributed by atoms with E-state index in [9.17, 15) is 4.79 Å². The third kappa shape index (κ3) is 2.94. The van der Waals surface area contributed by atoms with Gasteiger partial charge in [0, 0.05) is 32.7 Å². The highest BCUT2D eigenvalue weighted by molar-refractivity contribution is 6.99. The highest BCUT2D eigenvalue weighted by atomic mass is 32.1. The molecule has 4 rings (SSSR count). The van der Waals surface area contributed by atoms with E-state index in [0.717, 1.165) is 42.9 Å². The molecule has 0 N–H and O–H groups in total. The van der Waals surface area contributed by atoms with Crippen LogP contribution in [0.5, 0.6) is 11.5 Å². The van der Waals surface area contributed by atoms with Crippen molar-refractivity contribution in [2.45, 2.75) is 13.5 Å². The number of piperazine rings is 1. The molecule has 3 heterocycles. The smallest absolute Gasteiger partial charge is 0.275 e. The van der Waals surface area contributed by atoms with E-state index in [4.69, 9.17) is 9.47 Å². The van der Waals surface area contributed by atoms with Gasteiger partial charge in [0.25, 0.3) is 5.91 Å². The first-order valence-corrected chi connectivity index (χ1v) is 8.63. The van der Waals surface area contributed by atoms with Gasteiger partial charge in [-0.25, -0.2) is 0 Å². The molecule has 1 saturated heterocycles. The van der Waals surface area contributed by atoms with Gasteiger partial charge in [-0.2, -0.15) is 8.75 Å². The van der Waals surface area contributed by atoms with Crippen LogP contribution in [0.25, 0.3) is 0 Å². The van der Waals surface area contributed by atoms with Crippen molar-refractivity contribution in [1.82, 2.24) is 18.5 Å². The van der Waals surface area contributed by atoms with Crippen LogP contribution in [0.1, 0.15) is 21.7 Å². The van der Waals surface area contributed by atoms with E-state index in [0.29, 0.717) is 31.3 Å². The average molecular weight is 346 g/mol. The van der Waals surface area contributed by atoms with Crippen LogP contribution in [0.2, 0.25) is 0 Å². The Morgan fingerprint density at radius 3 is 2.71 bits per heavy atom. The highest BCUT2D eigenvalue weighted by Gasteiger charge is 2.25. The number of hydrogen-bond acceptors (Lipinski definition) is 7. The van der Waals surface area contributed by atoms with Gasteiger partial charge < -0.3 is 14.4 Å². The first kappa shape index (κ1) is 15.3. The molecule has 0 saturated carbocycles. The quantitative estimate of drug-likeness (QED) is 0.840. The van der Waals surface area contributed by atoms with Crippen LogP contribution < -0.4 is 9.47 Å². The summed E-state index contributed by atoms with van der Waals surface area (Å²) in [6, 6.07) is 6.05. The van der Waals surface area contributed by atoms with E-state index < -0.39 is 0 Å². The number of aryl methyl sites for hydroxylation is 1. The summed E-state index contributed by atoms with van der Waals surface area (Å²) in [6.45, 7) is 6.07. The van der Waals surface area contributed by atoms with Crippen LogP contribution in [0.4, 0.5) is 0 Å². The molecular formula is C16H18N4O3S. The molecule has 0 unspecified atom stereocenters. The van der Waals surface area contributed by atoms with Gasteiger partial charge in [0.05, 0.1) is 17.4 Å². The molecule has 1 aromatic heterocycles. The summed E-state index contributed by atoms with van der Waals surface area (Å²) in [6.07, 6.45) is 0. The minimum absolute atomic E-state index is 0.0102. The molecule has 1 amide bonds. The maximum Gasteiger partial charge on any atom is 0.275 e. The number of benzene rings is 1. The molecule has 1 aromatic carbocycles. The molecule has 0 aliphatic carbocycles. The minimum atomic E-state index is -0.0102. The maximum atomic E-state index is 12.5. The molecule has 0 radical (unpaired) electrons. The van der Waals surface area contributed by atoms with Gasteiger partial charge in [0.1, 0.15) is 0 Å². The lowest BCUT2D eigenvalue weighted by atomic mass is 10.1. The van der Waals surface area contributed by atoms with Crippen LogP contribution >= 0.6 is 11.7 Å². The molecule has 8 heteroatoms. The Morgan fingerprint density at radius 2 is 1.96 bits per heavy atom. The van der Waals surface area contributed by atoms with Gasteiger partial charge >= 0.3 is 0 Å². The molecule has 2 aliphatic heterocycles. The zero-order valence-corrected chi connectivity index (χ0v) is 14.2. The second kappa shape index (κ2) is 6.37. The number of ether oxygens (including phenoxy) is 2. The van der Waals surface area contributed by atoms with Crippen molar-refractivity contribution in [2.24, 2.45) is 0 Å². The summed E-state index contributed by atoms with van der Waals surface area (Å²) in [5, 5.41) is 0. The van der Waals surface area contributed by atoms with Crippen LogP contribution in [0.15, 0.2) is 18.2 Å². The van der Waals surface area contributed by atoms with Crippen LogP contribution in [0.3, 0.4) is 0 Å². The summed E-state index contributed by atoms with van der Waals surface area (Å²) in [4.78, 5) is 16.7. The third-order valence-corrected chi connectivity index (χ3v) is 4.98. The Bertz CT molecular complexity index is 756. The van der Waals surface area contributed by atoms with Crippen LogP contribution in [-0.2, 0) is 6.54 Å². The number of amides is 1. The lowest BCUT2D eigenvalue weighted by Gasteiger charge is -2.34. The molecule has 2 aliphatic rings. The van der Waals surface area contributed by atoms with Crippen molar-refractivity contribution in [3.05, 3.63) is 35.2 Å². The molecule has 24 heavy (non-hydrogen) atoms. The lowest BCUT2D eigenvalue weighted by Crippen LogP contribution is -2.48. The fraction of sp³-hybridized carbons (Fsp3) is 0.438. The second-order valence-electron chi connectivity index (χ2n) is 5.95. The number of carbonyl (C=O) groups excluding carboxylic acids is 1. The molecule has 7 nitrogen and oxygen atoms in total. The largest absolute Gasteiger partial charge is 0.454 e. The molecule has 0 bridgehead atoms. The number of nitrogens with zero attached hydrogens (tertiary/aromatic N) is 4. The molecular weight excluding hydrogens is 328 g/mol. The first-order valence-electron chi connectivity index (χ1n) is 7.90. The van der Waals surface area contributed by atoms with E-state index >= 15 is 0 Å². The van der Waals surface area contributed by atoms with Crippen molar-refractivity contribution in [1.29, 1.82) is 0 Å². The predicted octanol–water partition coefficient (Wildman–Crippen LogP) is 1.53. The van der Waals surface area contributed by atoms with Gasteiger partial charge in [-0.15, -0.1) is 0 Å². The summed E-state index contributed by atoms with van der Waals surface area (Å²) in [5.41, 5.74) is 2.40. The normalized spacial score (nSPS) is 17.3. The van der Waals surface area contributed by atoms with Gasteiger partial charge in [-0.3, -0.25) is 9.69 Å². The second-order valence-corrected chi connectivity index (χ2v) is 6.48. The van der Waals surface area contributed by atoms with Crippen LogP contribution in [0, 0.1) is 6.92 Å². The van der Waals surface area contributed by atoms with E-state index in [1.54, 1.807) is 0 Å². The SMILES string of the molecule is Cc1nsnc1C(=O)N1CCN(Cc2ccc3c(c2)OCO3)CC1. The summed E-state index contributed by atoms with van der Waals surface area (Å²) >= 11 is 1.09. The molecule has 2 aromatic rings. The zero-order chi connectivity index (χ0) is 16.5. The van der Waals surface area contributed by atoms with Gasteiger partial charge in [-0.05, 0) is 24.6 Å². The Balaban J connectivity index is 1.35. The standard InChI is InChI=1S/C16H18N4O3S/c1-11-15(18-24-17-11)16(21)20-6-4-19(5-7-20)9-12-2-3-13-14(8-12)23-10-22-13/h2-3,8H,4-7,9-10H2,1H3. The number of hydrogen-bond donors (Lipinski definition) is 0. The lowest BCUT2D eigenvalue weighted by molar-refractivity contribution is 0.0623. The monoisotopic (exact) mass is 346 g/mol. The third-order valence-electron chi connectivity index (χ3n) is 4.36. The van der Waals surface area contributed by atoms with Crippen LogP contribution in [-0.4, -0.2) is 57.4 Å². The number of aromatic nitrogens is 2. The van der Waals surface area contributed by atoms with E-state index in [1.807, 2.05) is 24.0 Å². The van der Waals surface area contributed by atoms with E-state index in [1.165, 1.54) is 5.56 Å². The predicted molar refractivity (Wildman–Crippen MR) is 88.4 cm³/mol. The van der Waals surface area contributed by atoms with Gasteiger partial charge in [-0.1, -0.05) is 6.07 Å². The van der Waals surface area contributed by atoms with E-state index in [2.05, 4.69) is 19.7 Å². The summed E-state index contributed by atoms with van der Waals surface area (Å²) in [7, 11) is 0. The molecule has 0 spiro atoms. The highest BCUT2D eigenvalue weighted by Crippen LogP contribution is 2.32. The summed E-state index contributed by atoms with van der Waals surface area (Å²) < 4.78 is 19.0. The van der Waals surface area contributed by atoms with Gasteiger partial charge in [0.15, 0.2) is 17.2 Å². The van der Waals surface area contributed by atoms with Gasteiger partial charge in [0.2, 0.25) is 6.79 Å². The molecule has 126 valence electrons. The van der Waals surface area contributed by atoms with Crippen molar-refractivity contribution in [3.8, 4) is 11.5 Å². The maximum absolute atomic E-state index is 12.5. The van der Waals surface area contributed by atoms with Crippen molar-refractivity contribution in [3.63, 3.8) is 0 Å². The number of carbonyl (C=O) groups is 1. The number of rotatable bonds is 3.